The van der Waals surface area contributed by atoms with Crippen LogP contribution in [-0.2, 0) is 6.42 Å². The van der Waals surface area contributed by atoms with Crippen LogP contribution in [0.4, 0.5) is 5.69 Å². The number of ketones is 1. The molecule has 3 aromatic heterocycles. The Balaban J connectivity index is 1.67. The van der Waals surface area contributed by atoms with E-state index in [9.17, 15) is 4.79 Å². The highest BCUT2D eigenvalue weighted by molar-refractivity contribution is 9.10. The zero-order valence-corrected chi connectivity index (χ0v) is 17.1. The largest absolute Gasteiger partial charge is 0.397 e. The van der Waals surface area contributed by atoms with Gasteiger partial charge in [0.25, 0.3) is 0 Å². The fourth-order valence-corrected chi connectivity index (χ4v) is 4.13. The number of benzene rings is 1. The summed E-state index contributed by atoms with van der Waals surface area (Å²) in [6.45, 7) is 0. The topological polar surface area (TPSA) is 68.9 Å². The molecule has 0 atom stereocenters. The number of anilines is 1. The third-order valence-corrected chi connectivity index (χ3v) is 5.99. The molecular weight excluding hydrogens is 446 g/mol. The van der Waals surface area contributed by atoms with Crippen LogP contribution in [0.2, 0.25) is 5.02 Å². The van der Waals surface area contributed by atoms with Gasteiger partial charge in [-0.25, -0.2) is 4.98 Å². The van der Waals surface area contributed by atoms with Gasteiger partial charge in [-0.05, 0) is 52.3 Å². The van der Waals surface area contributed by atoms with Gasteiger partial charge in [-0.1, -0.05) is 23.7 Å². The molecule has 0 saturated heterocycles. The van der Waals surface area contributed by atoms with Gasteiger partial charge in [0.05, 0.1) is 22.7 Å². The van der Waals surface area contributed by atoms with Crippen molar-refractivity contribution in [3.63, 3.8) is 0 Å². The maximum Gasteiger partial charge on any atom is 0.180 e. The predicted octanol–water partition coefficient (Wildman–Crippen LogP) is 5.78. The van der Waals surface area contributed by atoms with Gasteiger partial charge in [0, 0.05) is 32.3 Å². The van der Waals surface area contributed by atoms with Gasteiger partial charge in [0.15, 0.2) is 5.78 Å². The van der Waals surface area contributed by atoms with Crippen molar-refractivity contribution in [2.24, 2.45) is 0 Å². The van der Waals surface area contributed by atoms with Gasteiger partial charge in [0.1, 0.15) is 4.83 Å². The summed E-state index contributed by atoms with van der Waals surface area (Å²) in [7, 11) is 0. The van der Waals surface area contributed by atoms with Crippen molar-refractivity contribution >= 4 is 60.6 Å². The number of nitrogens with two attached hydrogens (primary N) is 1. The second-order valence-electron chi connectivity index (χ2n) is 5.97. The summed E-state index contributed by atoms with van der Waals surface area (Å²) in [4.78, 5) is 22.9. The fraction of sp³-hybridized carbons (Fsp3) is 0.0500. The Bertz CT molecular complexity index is 1140. The minimum absolute atomic E-state index is 0.0571. The van der Waals surface area contributed by atoms with E-state index in [1.807, 2.05) is 48.5 Å². The summed E-state index contributed by atoms with van der Waals surface area (Å²) in [5.41, 5.74) is 9.19. The molecule has 0 bridgehead atoms. The molecule has 3 heterocycles. The minimum Gasteiger partial charge on any atom is -0.397 e. The molecule has 0 unspecified atom stereocenters. The number of nitrogen functional groups attached to an aromatic ring is 1. The number of rotatable bonds is 4. The van der Waals surface area contributed by atoms with Gasteiger partial charge in [0.2, 0.25) is 0 Å². The quantitative estimate of drug-likeness (QED) is 0.393. The maximum atomic E-state index is 12.7. The van der Waals surface area contributed by atoms with Crippen LogP contribution in [-0.4, -0.2) is 15.8 Å². The van der Waals surface area contributed by atoms with E-state index in [2.05, 4.69) is 25.9 Å². The van der Waals surface area contributed by atoms with Gasteiger partial charge in [-0.3, -0.25) is 9.78 Å². The molecule has 27 heavy (non-hydrogen) atoms. The van der Waals surface area contributed by atoms with Gasteiger partial charge < -0.3 is 5.73 Å². The number of hydrogen-bond acceptors (Lipinski definition) is 5. The second kappa shape index (κ2) is 7.38. The Kier molecular flexibility index (Phi) is 4.95. The molecular formula is C20H13BrClN3OS. The summed E-state index contributed by atoms with van der Waals surface area (Å²) in [5.74, 6) is -0.0571. The molecule has 4 nitrogen and oxygen atoms in total. The third-order valence-electron chi connectivity index (χ3n) is 4.12. The number of nitrogens with zero attached hydrogens (tertiary/aromatic N) is 2. The van der Waals surface area contributed by atoms with Crippen LogP contribution in [0.1, 0.15) is 15.4 Å². The Hall–Kier alpha value is -2.28. The van der Waals surface area contributed by atoms with Crippen molar-refractivity contribution in [2.75, 3.05) is 5.73 Å². The van der Waals surface area contributed by atoms with Crippen molar-refractivity contribution in [2.45, 2.75) is 6.42 Å². The molecule has 2 N–H and O–H groups in total. The number of hydrogen-bond donors (Lipinski definition) is 1. The average molecular weight is 459 g/mol. The van der Waals surface area contributed by atoms with Gasteiger partial charge >= 0.3 is 0 Å². The first-order chi connectivity index (χ1) is 13.0. The van der Waals surface area contributed by atoms with Crippen LogP contribution in [0.15, 0.2) is 59.2 Å². The third kappa shape index (κ3) is 3.74. The van der Waals surface area contributed by atoms with E-state index < -0.39 is 0 Å². The van der Waals surface area contributed by atoms with Gasteiger partial charge in [-0.15, -0.1) is 11.3 Å². The van der Waals surface area contributed by atoms with E-state index in [-0.39, 0.29) is 12.2 Å². The summed E-state index contributed by atoms with van der Waals surface area (Å²) in [6, 6.07) is 15.0. The average Bonchev–Trinajstić information content (AvgIpc) is 3.00. The maximum absolute atomic E-state index is 12.7. The molecule has 4 rings (SSSR count). The zero-order chi connectivity index (χ0) is 19.0. The molecule has 134 valence electrons. The lowest BCUT2D eigenvalue weighted by Gasteiger charge is -2.01. The number of halogens is 2. The van der Waals surface area contributed by atoms with Crippen molar-refractivity contribution in [3.8, 4) is 11.3 Å². The fourth-order valence-electron chi connectivity index (χ4n) is 2.74. The van der Waals surface area contributed by atoms with Crippen LogP contribution in [0.5, 0.6) is 0 Å². The number of carbonyl (C=O) groups excluding carboxylic acids is 1. The van der Waals surface area contributed by atoms with E-state index in [1.54, 1.807) is 6.20 Å². The molecule has 0 aliphatic heterocycles. The van der Waals surface area contributed by atoms with Crippen molar-refractivity contribution in [1.82, 2.24) is 9.97 Å². The highest BCUT2D eigenvalue weighted by atomic mass is 79.9. The first kappa shape index (κ1) is 18.1. The molecule has 4 aromatic rings. The lowest BCUT2D eigenvalue weighted by Crippen LogP contribution is -2.05. The standard InChI is InChI=1S/C20H13BrClN3OS/c21-12-3-6-14(24-10-12)9-17(26)19-18(23)15-7-8-16(25-20(15)27-19)11-1-4-13(22)5-2-11/h1-8,10H,9,23H2. The van der Waals surface area contributed by atoms with Gasteiger partial charge in [-0.2, -0.15) is 0 Å². The smallest absolute Gasteiger partial charge is 0.180 e. The molecule has 7 heteroatoms. The van der Waals surface area contributed by atoms with E-state index in [0.29, 0.717) is 21.3 Å². The van der Waals surface area contributed by atoms with Crippen LogP contribution in [0.25, 0.3) is 21.5 Å². The van der Waals surface area contributed by atoms with Crippen molar-refractivity contribution < 1.29 is 4.79 Å². The Morgan fingerprint density at radius 3 is 2.59 bits per heavy atom. The second-order valence-corrected chi connectivity index (χ2v) is 8.32. The molecule has 0 saturated carbocycles. The monoisotopic (exact) mass is 457 g/mol. The molecule has 0 radical (unpaired) electrons. The van der Waals surface area contributed by atoms with Crippen molar-refractivity contribution in [3.05, 3.63) is 74.8 Å². The molecule has 0 fully saturated rings. The highest BCUT2D eigenvalue weighted by Gasteiger charge is 2.18. The van der Waals surface area contributed by atoms with Crippen molar-refractivity contribution in [1.29, 1.82) is 0 Å². The lowest BCUT2D eigenvalue weighted by molar-refractivity contribution is 0.0996. The molecule has 1 aromatic carbocycles. The number of fused-ring (bicyclic) bond motifs is 1. The minimum atomic E-state index is -0.0571. The first-order valence-electron chi connectivity index (χ1n) is 8.10. The van der Waals surface area contributed by atoms with E-state index in [4.69, 9.17) is 17.3 Å². The summed E-state index contributed by atoms with van der Waals surface area (Å²) < 4.78 is 0.874. The van der Waals surface area contributed by atoms with Crippen LogP contribution in [0, 0.1) is 0 Å². The number of carbonyl (C=O) groups is 1. The number of pyridine rings is 2. The van der Waals surface area contributed by atoms with E-state index in [0.717, 1.165) is 25.9 Å². The highest BCUT2D eigenvalue weighted by Crippen LogP contribution is 2.35. The zero-order valence-electron chi connectivity index (χ0n) is 13.9. The number of Topliss-reactive ketones (excluding diaryl/α,β-unsaturated/α-hetero) is 1. The van der Waals surface area contributed by atoms with Crippen LogP contribution in [0.3, 0.4) is 0 Å². The summed E-state index contributed by atoms with van der Waals surface area (Å²) in [5, 5.41) is 1.47. The summed E-state index contributed by atoms with van der Waals surface area (Å²) >= 11 is 10.6. The molecule has 0 aliphatic carbocycles. The van der Waals surface area contributed by atoms with Crippen LogP contribution >= 0.6 is 38.9 Å². The van der Waals surface area contributed by atoms with E-state index >= 15 is 0 Å². The Labute approximate surface area is 173 Å². The predicted molar refractivity (Wildman–Crippen MR) is 114 cm³/mol. The molecule has 0 spiro atoms. The summed E-state index contributed by atoms with van der Waals surface area (Å²) in [6.07, 6.45) is 1.88. The van der Waals surface area contributed by atoms with E-state index in [1.165, 1.54) is 11.3 Å². The van der Waals surface area contributed by atoms with Crippen LogP contribution < -0.4 is 5.73 Å². The normalized spacial score (nSPS) is 11.0. The lowest BCUT2D eigenvalue weighted by atomic mass is 10.1. The first-order valence-corrected chi connectivity index (χ1v) is 10.1. The number of aromatic nitrogens is 2. The molecule has 0 aliphatic rings. The Morgan fingerprint density at radius 1 is 1.11 bits per heavy atom. The number of thiophene rings is 1. The molecule has 0 amide bonds. The SMILES string of the molecule is Nc1c(C(=O)Cc2ccc(Br)cn2)sc2nc(-c3ccc(Cl)cc3)ccc12. The Morgan fingerprint density at radius 2 is 1.89 bits per heavy atom.